The Bertz CT molecular complexity index is 252. The molecule has 0 bridgehead atoms. The van der Waals surface area contributed by atoms with Gasteiger partial charge in [0.2, 0.25) is 10.0 Å². The quantitative estimate of drug-likeness (QED) is 0.557. The summed E-state index contributed by atoms with van der Waals surface area (Å²) in [6.07, 6.45) is 0. The van der Waals surface area contributed by atoms with E-state index in [2.05, 4.69) is 10.0 Å². The molecule has 0 amide bonds. The van der Waals surface area contributed by atoms with Gasteiger partial charge in [0.1, 0.15) is 0 Å². The highest BCUT2D eigenvalue weighted by molar-refractivity contribution is 7.89. The first kappa shape index (κ1) is 14.8. The Kier molecular flexibility index (Phi) is 7.08. The Labute approximate surface area is 93.3 Å². The van der Waals surface area contributed by atoms with Crippen LogP contribution in [0.15, 0.2) is 0 Å². The van der Waals surface area contributed by atoms with E-state index in [1.807, 2.05) is 32.8 Å². The molecule has 6 heteroatoms. The monoisotopic (exact) mass is 237 g/mol. The Balaban J connectivity index is 3.91. The summed E-state index contributed by atoms with van der Waals surface area (Å²) in [5, 5.41) is 2.99. The molecule has 0 rings (SSSR count). The number of sulfonamides is 1. The van der Waals surface area contributed by atoms with Gasteiger partial charge in [-0.25, -0.2) is 13.1 Å². The number of hydrogen-bond acceptors (Lipinski definition) is 4. The first-order chi connectivity index (χ1) is 6.87. The lowest BCUT2D eigenvalue weighted by atomic mass is 10.3. The minimum atomic E-state index is -3.14. The fourth-order valence-electron chi connectivity index (χ4n) is 1.33. The van der Waals surface area contributed by atoms with Gasteiger partial charge in [0, 0.05) is 19.1 Å². The maximum atomic E-state index is 11.5. The molecule has 5 nitrogen and oxygen atoms in total. The van der Waals surface area contributed by atoms with Crippen LogP contribution in [0.4, 0.5) is 0 Å². The van der Waals surface area contributed by atoms with Crippen LogP contribution in [-0.2, 0) is 10.0 Å². The molecule has 0 saturated carbocycles. The second-order valence-electron chi connectivity index (χ2n) is 3.95. The molecule has 0 aliphatic rings. The van der Waals surface area contributed by atoms with Gasteiger partial charge < -0.3 is 10.2 Å². The molecular formula is C9H23N3O2S. The zero-order valence-corrected chi connectivity index (χ0v) is 10.9. The van der Waals surface area contributed by atoms with Crippen molar-refractivity contribution in [3.63, 3.8) is 0 Å². The van der Waals surface area contributed by atoms with Crippen molar-refractivity contribution in [2.45, 2.75) is 19.9 Å². The number of nitrogens with one attached hydrogen (secondary N) is 2. The van der Waals surface area contributed by atoms with Gasteiger partial charge >= 0.3 is 0 Å². The van der Waals surface area contributed by atoms with Crippen molar-refractivity contribution in [3.8, 4) is 0 Å². The van der Waals surface area contributed by atoms with Gasteiger partial charge in [-0.1, -0.05) is 6.92 Å². The Morgan fingerprint density at radius 1 is 1.33 bits per heavy atom. The molecule has 2 N–H and O–H groups in total. The van der Waals surface area contributed by atoms with Crippen LogP contribution in [0.2, 0.25) is 0 Å². The molecule has 0 heterocycles. The van der Waals surface area contributed by atoms with Crippen molar-refractivity contribution in [2.75, 3.05) is 39.5 Å². The summed E-state index contributed by atoms with van der Waals surface area (Å²) >= 11 is 0. The molecule has 1 atom stereocenters. The van der Waals surface area contributed by atoms with Crippen LogP contribution in [-0.4, -0.2) is 58.8 Å². The predicted octanol–water partition coefficient (Wildman–Crippen LogP) is -0.535. The molecule has 92 valence electrons. The summed E-state index contributed by atoms with van der Waals surface area (Å²) in [6, 6.07) is -0.0494. The molecule has 0 aromatic heterocycles. The lowest BCUT2D eigenvalue weighted by molar-refractivity contribution is 0.370. The van der Waals surface area contributed by atoms with E-state index >= 15 is 0 Å². The second kappa shape index (κ2) is 7.16. The molecule has 0 saturated heterocycles. The van der Waals surface area contributed by atoms with Crippen LogP contribution >= 0.6 is 0 Å². The standard InChI is InChI=1S/C9H23N3O2S/c1-5-10-6-7-15(13,14)11-9(2)8-12(3)4/h9-11H,5-8H2,1-4H3. The minimum absolute atomic E-state index is 0.0494. The summed E-state index contributed by atoms with van der Waals surface area (Å²) in [4.78, 5) is 1.96. The molecule has 15 heavy (non-hydrogen) atoms. The van der Waals surface area contributed by atoms with Crippen molar-refractivity contribution in [3.05, 3.63) is 0 Å². The summed E-state index contributed by atoms with van der Waals surface area (Å²) in [5.74, 6) is 0.138. The van der Waals surface area contributed by atoms with E-state index in [1.165, 1.54) is 0 Å². The molecule has 1 unspecified atom stereocenters. The van der Waals surface area contributed by atoms with Gasteiger partial charge in [0.15, 0.2) is 0 Å². The van der Waals surface area contributed by atoms with Gasteiger partial charge in [-0.3, -0.25) is 0 Å². The Morgan fingerprint density at radius 2 is 1.93 bits per heavy atom. The van der Waals surface area contributed by atoms with Gasteiger partial charge in [0.25, 0.3) is 0 Å². The van der Waals surface area contributed by atoms with Crippen molar-refractivity contribution < 1.29 is 8.42 Å². The summed E-state index contributed by atoms with van der Waals surface area (Å²) < 4.78 is 25.7. The minimum Gasteiger partial charge on any atom is -0.316 e. The third-order valence-electron chi connectivity index (χ3n) is 1.82. The van der Waals surface area contributed by atoms with Crippen molar-refractivity contribution in [1.29, 1.82) is 0 Å². The lowest BCUT2D eigenvalue weighted by Gasteiger charge is -2.18. The summed E-state index contributed by atoms with van der Waals surface area (Å²) in [5.41, 5.74) is 0. The van der Waals surface area contributed by atoms with Crippen LogP contribution in [0.1, 0.15) is 13.8 Å². The highest BCUT2D eigenvalue weighted by Crippen LogP contribution is 1.90. The number of hydrogen-bond donors (Lipinski definition) is 2. The van der Waals surface area contributed by atoms with Crippen molar-refractivity contribution in [2.24, 2.45) is 0 Å². The summed E-state index contributed by atoms with van der Waals surface area (Å²) in [6.45, 7) is 5.82. The van der Waals surface area contributed by atoms with E-state index in [0.717, 1.165) is 6.54 Å². The van der Waals surface area contributed by atoms with Gasteiger partial charge in [0.05, 0.1) is 5.75 Å². The molecule has 0 aromatic rings. The predicted molar refractivity (Wildman–Crippen MR) is 63.5 cm³/mol. The number of likely N-dealkylation sites (N-methyl/N-ethyl adjacent to an activating group) is 1. The molecule has 0 aliphatic carbocycles. The maximum absolute atomic E-state index is 11.5. The molecule has 0 spiro atoms. The largest absolute Gasteiger partial charge is 0.316 e. The van der Waals surface area contributed by atoms with E-state index in [4.69, 9.17) is 0 Å². The topological polar surface area (TPSA) is 61.4 Å². The van der Waals surface area contributed by atoms with E-state index in [1.54, 1.807) is 0 Å². The van der Waals surface area contributed by atoms with Gasteiger partial charge in [-0.2, -0.15) is 0 Å². The van der Waals surface area contributed by atoms with Crippen LogP contribution < -0.4 is 10.0 Å². The number of nitrogens with zero attached hydrogens (tertiary/aromatic N) is 1. The molecule has 0 radical (unpaired) electrons. The molecule has 0 aromatic carbocycles. The van der Waals surface area contributed by atoms with Crippen molar-refractivity contribution in [1.82, 2.24) is 14.9 Å². The first-order valence-corrected chi connectivity index (χ1v) is 6.88. The van der Waals surface area contributed by atoms with Crippen LogP contribution in [0.25, 0.3) is 0 Å². The zero-order chi connectivity index (χ0) is 11.9. The maximum Gasteiger partial charge on any atom is 0.213 e. The van der Waals surface area contributed by atoms with Gasteiger partial charge in [-0.15, -0.1) is 0 Å². The smallest absolute Gasteiger partial charge is 0.213 e. The molecule has 0 fully saturated rings. The zero-order valence-electron chi connectivity index (χ0n) is 10.1. The summed E-state index contributed by atoms with van der Waals surface area (Å²) in [7, 11) is 0.702. The third kappa shape index (κ3) is 8.80. The van der Waals surface area contributed by atoms with Crippen molar-refractivity contribution >= 4 is 10.0 Å². The average Bonchev–Trinajstić information content (AvgIpc) is 2.00. The Hall–Kier alpha value is -0.170. The van der Waals surface area contributed by atoms with E-state index in [-0.39, 0.29) is 11.8 Å². The fourth-order valence-corrected chi connectivity index (χ4v) is 2.55. The fraction of sp³-hybridized carbons (Fsp3) is 1.00. The third-order valence-corrected chi connectivity index (χ3v) is 3.32. The first-order valence-electron chi connectivity index (χ1n) is 5.23. The molecular weight excluding hydrogens is 214 g/mol. The normalized spacial score (nSPS) is 14.5. The van der Waals surface area contributed by atoms with Crippen LogP contribution in [0, 0.1) is 0 Å². The van der Waals surface area contributed by atoms with E-state index in [9.17, 15) is 8.42 Å². The van der Waals surface area contributed by atoms with Gasteiger partial charge in [-0.05, 0) is 27.6 Å². The average molecular weight is 237 g/mol. The van der Waals surface area contributed by atoms with Crippen LogP contribution in [0.5, 0.6) is 0 Å². The Morgan fingerprint density at radius 3 is 2.40 bits per heavy atom. The molecule has 0 aliphatic heterocycles. The van der Waals surface area contributed by atoms with E-state index in [0.29, 0.717) is 13.1 Å². The second-order valence-corrected chi connectivity index (χ2v) is 5.83. The van der Waals surface area contributed by atoms with E-state index < -0.39 is 10.0 Å². The SMILES string of the molecule is CCNCCS(=O)(=O)NC(C)CN(C)C. The number of rotatable bonds is 8. The lowest BCUT2D eigenvalue weighted by Crippen LogP contribution is -2.42. The highest BCUT2D eigenvalue weighted by Gasteiger charge is 2.13. The van der Waals surface area contributed by atoms with Crippen LogP contribution in [0.3, 0.4) is 0 Å². The highest BCUT2D eigenvalue weighted by atomic mass is 32.2.